The summed E-state index contributed by atoms with van der Waals surface area (Å²) in [6.07, 6.45) is -0.906. The molecule has 1 amide bonds. The molecule has 1 aromatic carbocycles. The van der Waals surface area contributed by atoms with Gasteiger partial charge in [0.15, 0.2) is 10.8 Å². The van der Waals surface area contributed by atoms with Gasteiger partial charge in [-0.05, 0) is 25.1 Å². The molecule has 2 aliphatic heterocycles. The van der Waals surface area contributed by atoms with Crippen LogP contribution in [0.4, 0.5) is 0 Å². The molecule has 0 bridgehead atoms. The van der Waals surface area contributed by atoms with Crippen molar-refractivity contribution in [2.45, 2.75) is 18.4 Å². The van der Waals surface area contributed by atoms with Crippen LogP contribution in [0.1, 0.15) is 17.3 Å². The lowest BCUT2D eigenvalue weighted by Gasteiger charge is -2.43. The molecule has 0 aliphatic carbocycles. The Morgan fingerprint density at radius 1 is 1.29 bits per heavy atom. The van der Waals surface area contributed by atoms with Gasteiger partial charge in [0, 0.05) is 0 Å². The molecule has 8 nitrogen and oxygen atoms in total. The van der Waals surface area contributed by atoms with Gasteiger partial charge < -0.3 is 20.1 Å². The van der Waals surface area contributed by atoms with E-state index in [0.717, 1.165) is 16.7 Å². The average molecular weight is 351 g/mol. The molecular formula is C15H13NO7S. The molecule has 9 heteroatoms. The number of benzene rings is 1. The number of rotatable bonds is 5. The van der Waals surface area contributed by atoms with E-state index in [1.54, 1.807) is 0 Å². The van der Waals surface area contributed by atoms with Crippen LogP contribution in [-0.2, 0) is 9.59 Å². The zero-order chi connectivity index (χ0) is 17.6. The van der Waals surface area contributed by atoms with Crippen LogP contribution in [0.15, 0.2) is 35.1 Å². The average Bonchev–Trinajstić information content (AvgIpc) is 2.81. The number of aliphatic hydroxyl groups excluding tert-OH is 1. The molecule has 1 aromatic rings. The molecular weight excluding hydrogens is 338 g/mol. The summed E-state index contributed by atoms with van der Waals surface area (Å²) in [5.41, 5.74) is -0.304. The second-order valence-electron chi connectivity index (χ2n) is 5.36. The molecule has 2 aliphatic rings. The third kappa shape index (κ3) is 2.51. The van der Waals surface area contributed by atoms with E-state index in [-0.39, 0.29) is 22.1 Å². The Labute approximate surface area is 140 Å². The van der Waals surface area contributed by atoms with Gasteiger partial charge in [-0.1, -0.05) is 17.8 Å². The molecule has 0 saturated carbocycles. The minimum atomic E-state index is -1.33. The Kier molecular flexibility index (Phi) is 3.98. The molecule has 0 aromatic heterocycles. The normalized spacial score (nSPS) is 23.6. The van der Waals surface area contributed by atoms with E-state index < -0.39 is 35.2 Å². The second-order valence-corrected chi connectivity index (χ2v) is 6.45. The van der Waals surface area contributed by atoms with Gasteiger partial charge in [0.1, 0.15) is 11.1 Å². The number of thioether (sulfide) groups is 1. The number of carboxylic acid groups (broad SMARTS) is 2. The molecule has 0 spiro atoms. The highest BCUT2D eigenvalue weighted by molar-refractivity contribution is 8.03. The van der Waals surface area contributed by atoms with Crippen molar-refractivity contribution in [2.24, 2.45) is 5.92 Å². The predicted molar refractivity (Wildman–Crippen MR) is 82.1 cm³/mol. The van der Waals surface area contributed by atoms with Crippen LogP contribution < -0.4 is 4.74 Å². The number of aromatic carboxylic acids is 1. The van der Waals surface area contributed by atoms with Gasteiger partial charge in [0.2, 0.25) is 5.91 Å². The maximum Gasteiger partial charge on any atom is 0.357 e. The molecule has 0 radical (unpaired) electrons. The number of carbonyl (C=O) groups is 3. The molecule has 3 rings (SSSR count). The van der Waals surface area contributed by atoms with Crippen LogP contribution in [0.5, 0.6) is 5.75 Å². The minimum absolute atomic E-state index is 0.00539. The fourth-order valence-electron chi connectivity index (χ4n) is 2.62. The van der Waals surface area contributed by atoms with E-state index in [1.807, 2.05) is 0 Å². The monoisotopic (exact) mass is 351 g/mol. The maximum absolute atomic E-state index is 12.1. The first-order chi connectivity index (χ1) is 11.3. The highest BCUT2D eigenvalue weighted by atomic mass is 32.2. The van der Waals surface area contributed by atoms with Gasteiger partial charge in [-0.3, -0.25) is 9.69 Å². The van der Waals surface area contributed by atoms with Crippen LogP contribution in [0.2, 0.25) is 0 Å². The maximum atomic E-state index is 12.1. The number of carbonyl (C=O) groups excluding carboxylic acids is 1. The van der Waals surface area contributed by atoms with Crippen LogP contribution >= 0.6 is 11.8 Å². The van der Waals surface area contributed by atoms with Gasteiger partial charge >= 0.3 is 11.9 Å². The largest absolute Gasteiger partial charge is 0.478 e. The smallest absolute Gasteiger partial charge is 0.357 e. The van der Waals surface area contributed by atoms with E-state index >= 15 is 0 Å². The number of fused-ring (bicyclic) bond motifs is 1. The lowest BCUT2D eigenvalue weighted by atomic mass is 9.92. The van der Waals surface area contributed by atoms with Crippen molar-refractivity contribution in [3.05, 3.63) is 40.6 Å². The van der Waals surface area contributed by atoms with Crippen LogP contribution in [0.25, 0.3) is 0 Å². The van der Waals surface area contributed by atoms with Gasteiger partial charge in [-0.15, -0.1) is 0 Å². The summed E-state index contributed by atoms with van der Waals surface area (Å²) in [5.74, 6) is -3.49. The summed E-state index contributed by atoms with van der Waals surface area (Å²) in [4.78, 5) is 35.6. The van der Waals surface area contributed by atoms with E-state index in [1.165, 1.54) is 31.2 Å². The first-order valence-electron chi connectivity index (χ1n) is 6.98. The lowest BCUT2D eigenvalue weighted by Crippen LogP contribution is -2.60. The number of carboxylic acids is 2. The van der Waals surface area contributed by atoms with Crippen molar-refractivity contribution in [3.8, 4) is 5.75 Å². The fourth-order valence-corrected chi connectivity index (χ4v) is 4.09. The lowest BCUT2D eigenvalue weighted by molar-refractivity contribution is -0.156. The molecule has 0 unspecified atom stereocenters. The second kappa shape index (κ2) is 5.84. The van der Waals surface area contributed by atoms with Crippen molar-refractivity contribution in [2.75, 3.05) is 0 Å². The van der Waals surface area contributed by atoms with E-state index in [4.69, 9.17) is 9.84 Å². The number of aliphatic carboxylic acids is 1. The Balaban J connectivity index is 1.90. The van der Waals surface area contributed by atoms with Crippen molar-refractivity contribution in [3.63, 3.8) is 0 Å². The van der Waals surface area contributed by atoms with Crippen LogP contribution in [-0.4, -0.2) is 49.5 Å². The van der Waals surface area contributed by atoms with Gasteiger partial charge in [0.05, 0.1) is 17.6 Å². The quantitative estimate of drug-likeness (QED) is 0.669. The van der Waals surface area contributed by atoms with Crippen molar-refractivity contribution < 1.29 is 34.4 Å². The number of β-lactam (4-membered cyclic amide) rings is 1. The number of aliphatic hydroxyl groups is 1. The van der Waals surface area contributed by atoms with Crippen LogP contribution in [0, 0.1) is 5.92 Å². The predicted octanol–water partition coefficient (Wildman–Crippen LogP) is 0.929. The molecule has 24 heavy (non-hydrogen) atoms. The molecule has 126 valence electrons. The van der Waals surface area contributed by atoms with Gasteiger partial charge in [0.25, 0.3) is 0 Å². The fraction of sp³-hybridized carbons (Fsp3) is 0.267. The summed E-state index contributed by atoms with van der Waals surface area (Å²) < 4.78 is 5.52. The standard InChI is InChI=1S/C15H13NO7S/c1-6(17)9-11(18)16-10(14(21)22)15(24-12(9)16)23-8-4-2-3-7(5-8)13(19)20/h2-6,9,12,17H,1H3,(H,19,20)(H,21,22)/t6-,9+,12-/m1/s1. The number of amides is 1. The number of hydrogen-bond donors (Lipinski definition) is 3. The molecule has 3 atom stereocenters. The molecule has 3 N–H and O–H groups in total. The zero-order valence-corrected chi connectivity index (χ0v) is 13.2. The van der Waals surface area contributed by atoms with E-state index in [9.17, 15) is 24.6 Å². The highest BCUT2D eigenvalue weighted by Crippen LogP contribution is 2.50. The van der Waals surface area contributed by atoms with Crippen LogP contribution in [0.3, 0.4) is 0 Å². The van der Waals surface area contributed by atoms with E-state index in [0.29, 0.717) is 0 Å². The third-order valence-corrected chi connectivity index (χ3v) is 5.00. The minimum Gasteiger partial charge on any atom is -0.478 e. The van der Waals surface area contributed by atoms with Gasteiger partial charge in [-0.2, -0.15) is 0 Å². The van der Waals surface area contributed by atoms with E-state index in [2.05, 4.69) is 0 Å². The summed E-state index contributed by atoms with van der Waals surface area (Å²) >= 11 is 1.02. The Hall–Kier alpha value is -2.52. The molecule has 1 saturated heterocycles. The summed E-state index contributed by atoms with van der Waals surface area (Å²) in [6, 6.07) is 5.60. The molecule has 2 heterocycles. The Bertz CT molecular complexity index is 773. The zero-order valence-electron chi connectivity index (χ0n) is 12.4. The summed E-state index contributed by atoms with van der Waals surface area (Å²) in [5, 5.41) is 27.5. The first-order valence-corrected chi connectivity index (χ1v) is 7.85. The highest BCUT2D eigenvalue weighted by Gasteiger charge is 2.58. The first kappa shape index (κ1) is 16.3. The number of hydrogen-bond acceptors (Lipinski definition) is 6. The van der Waals surface area contributed by atoms with Crippen molar-refractivity contribution in [1.82, 2.24) is 4.90 Å². The number of ether oxygens (including phenoxy) is 1. The Morgan fingerprint density at radius 2 is 2.00 bits per heavy atom. The number of nitrogens with zero attached hydrogens (tertiary/aromatic N) is 1. The topological polar surface area (TPSA) is 124 Å². The Morgan fingerprint density at radius 3 is 2.58 bits per heavy atom. The van der Waals surface area contributed by atoms with Crippen molar-refractivity contribution >= 4 is 29.6 Å². The summed E-state index contributed by atoms with van der Waals surface area (Å²) in [6.45, 7) is 1.47. The summed E-state index contributed by atoms with van der Waals surface area (Å²) in [7, 11) is 0. The SMILES string of the molecule is C[C@@H](O)[C@H]1C(=O)N2C(C(=O)O)=C(Oc3cccc(C(=O)O)c3)S[C@H]12. The molecule has 1 fully saturated rings. The van der Waals surface area contributed by atoms with Crippen molar-refractivity contribution in [1.29, 1.82) is 0 Å². The van der Waals surface area contributed by atoms with Gasteiger partial charge in [-0.25, -0.2) is 9.59 Å². The third-order valence-electron chi connectivity index (χ3n) is 3.76.